The zero-order valence-electron chi connectivity index (χ0n) is 11.6. The number of hydrogen-bond donors (Lipinski definition) is 1. The first-order chi connectivity index (χ1) is 10.2. The number of thiophene rings is 1. The van der Waals surface area contributed by atoms with Crippen molar-refractivity contribution in [1.82, 2.24) is 4.98 Å². The van der Waals surface area contributed by atoms with E-state index >= 15 is 0 Å². The second-order valence-corrected chi connectivity index (χ2v) is 7.73. The molecule has 0 aromatic carbocycles. The van der Waals surface area contributed by atoms with Gasteiger partial charge in [-0.3, -0.25) is 0 Å². The van der Waals surface area contributed by atoms with Crippen LogP contribution in [0, 0.1) is 0 Å². The predicted octanol–water partition coefficient (Wildman–Crippen LogP) is 5.16. The predicted molar refractivity (Wildman–Crippen MR) is 94.7 cm³/mol. The van der Waals surface area contributed by atoms with E-state index in [4.69, 9.17) is 11.6 Å². The van der Waals surface area contributed by atoms with Gasteiger partial charge >= 0.3 is 0 Å². The number of halogens is 2. The fraction of sp³-hybridized carbons (Fsp3) is 0.400. The average Bonchev–Trinajstić information content (AvgIpc) is 2.85. The summed E-state index contributed by atoms with van der Waals surface area (Å²) >= 11 is 11.1. The van der Waals surface area contributed by atoms with E-state index in [1.807, 2.05) is 6.20 Å². The lowest BCUT2D eigenvalue weighted by atomic mass is 10.1. The van der Waals surface area contributed by atoms with E-state index in [0.29, 0.717) is 0 Å². The van der Waals surface area contributed by atoms with Crippen molar-refractivity contribution in [2.45, 2.75) is 25.8 Å². The molecule has 21 heavy (non-hydrogen) atoms. The Bertz CT molecular complexity index is 574. The standard InChI is InChI=1S/C15H17BrClN3S/c16-13-8-12(21-15(13)17)10-18-11-4-5-14(19-9-11)20-6-2-1-3-7-20/h4-5,8-9,18H,1-3,6-7,10H2. The second-order valence-electron chi connectivity index (χ2n) is 5.14. The van der Waals surface area contributed by atoms with Crippen LogP contribution in [-0.2, 0) is 6.54 Å². The topological polar surface area (TPSA) is 28.2 Å². The van der Waals surface area contributed by atoms with Gasteiger partial charge < -0.3 is 10.2 Å². The molecule has 1 aliphatic rings. The zero-order valence-corrected chi connectivity index (χ0v) is 14.8. The number of pyridine rings is 1. The molecule has 1 saturated heterocycles. The van der Waals surface area contributed by atoms with Crippen LogP contribution in [0.4, 0.5) is 11.5 Å². The molecule has 2 aromatic rings. The van der Waals surface area contributed by atoms with Crippen LogP contribution in [0.15, 0.2) is 28.9 Å². The zero-order chi connectivity index (χ0) is 14.7. The van der Waals surface area contributed by atoms with Gasteiger partial charge in [0.1, 0.15) is 10.2 Å². The Morgan fingerprint density at radius 3 is 2.71 bits per heavy atom. The van der Waals surface area contributed by atoms with Gasteiger partial charge in [0.25, 0.3) is 0 Å². The highest BCUT2D eigenvalue weighted by Gasteiger charge is 2.11. The first-order valence-corrected chi connectivity index (χ1v) is 9.10. The number of nitrogens with one attached hydrogen (secondary N) is 1. The molecule has 3 nitrogen and oxygen atoms in total. The molecule has 1 fully saturated rings. The van der Waals surface area contributed by atoms with Crippen molar-refractivity contribution < 1.29 is 0 Å². The maximum Gasteiger partial charge on any atom is 0.128 e. The summed E-state index contributed by atoms with van der Waals surface area (Å²) in [6.07, 6.45) is 5.80. The molecular formula is C15H17BrClN3S. The van der Waals surface area contributed by atoms with Gasteiger partial charge in [-0.1, -0.05) is 11.6 Å². The smallest absolute Gasteiger partial charge is 0.128 e. The minimum atomic E-state index is 0.765. The van der Waals surface area contributed by atoms with E-state index in [1.54, 1.807) is 11.3 Å². The Morgan fingerprint density at radius 1 is 1.29 bits per heavy atom. The van der Waals surface area contributed by atoms with Crippen molar-refractivity contribution in [3.63, 3.8) is 0 Å². The summed E-state index contributed by atoms with van der Waals surface area (Å²) in [5.74, 6) is 1.09. The normalized spacial score (nSPS) is 15.2. The fourth-order valence-corrected chi connectivity index (χ4v) is 4.20. The van der Waals surface area contributed by atoms with E-state index < -0.39 is 0 Å². The van der Waals surface area contributed by atoms with Crippen molar-refractivity contribution in [3.05, 3.63) is 38.1 Å². The van der Waals surface area contributed by atoms with Crippen molar-refractivity contribution >= 4 is 50.4 Å². The van der Waals surface area contributed by atoms with E-state index in [-0.39, 0.29) is 0 Å². The highest BCUT2D eigenvalue weighted by Crippen LogP contribution is 2.32. The molecule has 1 N–H and O–H groups in total. The lowest BCUT2D eigenvalue weighted by Crippen LogP contribution is -2.30. The van der Waals surface area contributed by atoms with Gasteiger partial charge in [0.05, 0.1) is 11.9 Å². The summed E-state index contributed by atoms with van der Waals surface area (Å²) in [4.78, 5) is 8.13. The van der Waals surface area contributed by atoms with E-state index in [2.05, 4.69) is 49.3 Å². The van der Waals surface area contributed by atoms with Crippen LogP contribution in [0.5, 0.6) is 0 Å². The summed E-state index contributed by atoms with van der Waals surface area (Å²) in [6, 6.07) is 6.25. The van der Waals surface area contributed by atoms with E-state index in [1.165, 1.54) is 24.1 Å². The monoisotopic (exact) mass is 385 g/mol. The van der Waals surface area contributed by atoms with Crippen LogP contribution in [0.3, 0.4) is 0 Å². The largest absolute Gasteiger partial charge is 0.379 e. The molecule has 0 amide bonds. The molecule has 0 bridgehead atoms. The van der Waals surface area contributed by atoms with Crippen LogP contribution in [0.2, 0.25) is 4.34 Å². The average molecular weight is 387 g/mol. The van der Waals surface area contributed by atoms with Crippen LogP contribution in [0.25, 0.3) is 0 Å². The number of hydrogen-bond acceptors (Lipinski definition) is 4. The maximum atomic E-state index is 6.04. The lowest BCUT2D eigenvalue weighted by Gasteiger charge is -2.27. The highest BCUT2D eigenvalue weighted by molar-refractivity contribution is 9.10. The summed E-state index contributed by atoms with van der Waals surface area (Å²) in [6.45, 7) is 3.02. The lowest BCUT2D eigenvalue weighted by molar-refractivity contribution is 0.573. The number of piperidine rings is 1. The van der Waals surface area contributed by atoms with Gasteiger partial charge in [-0.25, -0.2) is 4.98 Å². The molecule has 3 rings (SSSR count). The van der Waals surface area contributed by atoms with Gasteiger partial charge in [-0.2, -0.15) is 0 Å². The van der Waals surface area contributed by atoms with Crippen molar-refractivity contribution in [1.29, 1.82) is 0 Å². The molecule has 1 aliphatic heterocycles. The van der Waals surface area contributed by atoms with Gasteiger partial charge in [0.15, 0.2) is 0 Å². The Balaban J connectivity index is 1.59. The number of nitrogens with zero attached hydrogens (tertiary/aromatic N) is 2. The summed E-state index contributed by atoms with van der Waals surface area (Å²) < 4.78 is 1.76. The SMILES string of the molecule is Clc1sc(CNc2ccc(N3CCCCC3)nc2)cc1Br. The molecule has 0 saturated carbocycles. The summed E-state index contributed by atoms with van der Waals surface area (Å²) in [7, 11) is 0. The van der Waals surface area contributed by atoms with E-state index in [0.717, 1.165) is 39.9 Å². The van der Waals surface area contributed by atoms with Crippen molar-refractivity contribution in [2.75, 3.05) is 23.3 Å². The molecular weight excluding hydrogens is 370 g/mol. The number of anilines is 2. The molecule has 112 valence electrons. The molecule has 0 aliphatic carbocycles. The second kappa shape index (κ2) is 6.99. The Labute approximate surface area is 142 Å². The third-order valence-electron chi connectivity index (χ3n) is 3.59. The Hall–Kier alpha value is -0.780. The third-order valence-corrected chi connectivity index (χ3v) is 6.07. The molecule has 0 radical (unpaired) electrons. The van der Waals surface area contributed by atoms with Crippen molar-refractivity contribution in [3.8, 4) is 0 Å². The first-order valence-electron chi connectivity index (χ1n) is 7.11. The molecule has 0 atom stereocenters. The molecule has 0 unspecified atom stereocenters. The van der Waals surface area contributed by atoms with Gasteiger partial charge in [-0.05, 0) is 53.4 Å². The first kappa shape index (κ1) is 15.1. The minimum Gasteiger partial charge on any atom is -0.379 e. The fourth-order valence-electron chi connectivity index (χ4n) is 2.47. The Morgan fingerprint density at radius 2 is 2.10 bits per heavy atom. The Kier molecular flexibility index (Phi) is 5.03. The number of rotatable bonds is 4. The number of aromatic nitrogens is 1. The molecule has 2 aromatic heterocycles. The van der Waals surface area contributed by atoms with Crippen LogP contribution in [-0.4, -0.2) is 18.1 Å². The van der Waals surface area contributed by atoms with Gasteiger partial charge in [-0.15, -0.1) is 11.3 Å². The molecule has 3 heterocycles. The minimum absolute atomic E-state index is 0.765. The van der Waals surface area contributed by atoms with Crippen molar-refractivity contribution in [2.24, 2.45) is 0 Å². The third kappa shape index (κ3) is 3.90. The van der Waals surface area contributed by atoms with Crippen LogP contribution in [0.1, 0.15) is 24.1 Å². The van der Waals surface area contributed by atoms with Gasteiger partial charge in [0.2, 0.25) is 0 Å². The quantitative estimate of drug-likeness (QED) is 0.786. The summed E-state index contributed by atoms with van der Waals surface area (Å²) in [5, 5.41) is 3.38. The van der Waals surface area contributed by atoms with Crippen LogP contribution < -0.4 is 10.2 Å². The highest BCUT2D eigenvalue weighted by atomic mass is 79.9. The van der Waals surface area contributed by atoms with Crippen LogP contribution >= 0.6 is 38.9 Å². The van der Waals surface area contributed by atoms with Gasteiger partial charge in [0, 0.05) is 29.0 Å². The maximum absolute atomic E-state index is 6.04. The summed E-state index contributed by atoms with van der Waals surface area (Å²) in [5.41, 5.74) is 1.04. The molecule has 0 spiro atoms. The molecule has 6 heteroatoms. The van der Waals surface area contributed by atoms with E-state index in [9.17, 15) is 0 Å².